The molecule has 2 heterocycles. The summed E-state index contributed by atoms with van der Waals surface area (Å²) < 4.78 is 0. The van der Waals surface area contributed by atoms with Crippen molar-refractivity contribution in [2.24, 2.45) is 0 Å². The molecule has 1 spiro atoms. The molecule has 6 nitrogen and oxygen atoms in total. The van der Waals surface area contributed by atoms with Gasteiger partial charge in [0.2, 0.25) is 5.91 Å². The Hall–Kier alpha value is -2.73. The minimum Gasteiger partial charge on any atom is -0.354 e. The standard InChI is InChI=1S/C26H34N4O2/c31-24-20-26(13-6-2-7-14-26)30(21-22-10-3-1-4-11-22)18-9-17-29(19-16-28-24)25(32)23-12-5-8-15-27-23/h1,3-5,8,10-12,15H,2,6-7,9,13-14,16-21H2,(H,28,31). The van der Waals surface area contributed by atoms with Gasteiger partial charge in [0, 0.05) is 50.9 Å². The average Bonchev–Trinajstić information content (AvgIpc) is 2.85. The number of pyridine rings is 1. The molecule has 32 heavy (non-hydrogen) atoms. The molecular weight excluding hydrogens is 400 g/mol. The zero-order valence-electron chi connectivity index (χ0n) is 18.8. The van der Waals surface area contributed by atoms with Gasteiger partial charge in [-0.05, 0) is 37.0 Å². The molecule has 1 aliphatic carbocycles. The summed E-state index contributed by atoms with van der Waals surface area (Å²) in [6.45, 7) is 3.35. The van der Waals surface area contributed by atoms with Gasteiger partial charge < -0.3 is 10.2 Å². The van der Waals surface area contributed by atoms with Crippen molar-refractivity contribution < 1.29 is 9.59 Å². The zero-order valence-corrected chi connectivity index (χ0v) is 18.8. The number of benzene rings is 1. The molecule has 1 aromatic heterocycles. The fourth-order valence-corrected chi connectivity index (χ4v) is 5.21. The van der Waals surface area contributed by atoms with Crippen LogP contribution in [0.2, 0.25) is 0 Å². The van der Waals surface area contributed by atoms with Gasteiger partial charge in [-0.15, -0.1) is 0 Å². The van der Waals surface area contributed by atoms with Crippen LogP contribution in [0.1, 0.15) is 61.0 Å². The molecule has 1 N–H and O–H groups in total. The van der Waals surface area contributed by atoms with Crippen molar-refractivity contribution in [3.05, 3.63) is 66.0 Å². The number of nitrogens with zero attached hydrogens (tertiary/aromatic N) is 3. The van der Waals surface area contributed by atoms with Crippen LogP contribution in [0.15, 0.2) is 54.7 Å². The van der Waals surface area contributed by atoms with Crippen LogP contribution in [0.25, 0.3) is 0 Å². The maximum atomic E-state index is 13.0. The average molecular weight is 435 g/mol. The molecule has 0 bridgehead atoms. The Labute approximate surface area is 191 Å². The minimum atomic E-state index is -0.0989. The monoisotopic (exact) mass is 434 g/mol. The Morgan fingerprint density at radius 3 is 2.47 bits per heavy atom. The molecule has 2 amide bonds. The van der Waals surface area contributed by atoms with Gasteiger partial charge in [-0.2, -0.15) is 0 Å². The van der Waals surface area contributed by atoms with Crippen molar-refractivity contribution in [1.29, 1.82) is 0 Å². The second kappa shape index (κ2) is 10.7. The SMILES string of the molecule is O=C1CC2(CCCCC2)N(Cc2ccccc2)CCCN(C(=O)c2ccccn2)CCN1. The Kier molecular flexibility index (Phi) is 7.53. The lowest BCUT2D eigenvalue weighted by molar-refractivity contribution is -0.125. The number of hydrogen-bond acceptors (Lipinski definition) is 4. The molecule has 2 aliphatic rings. The van der Waals surface area contributed by atoms with Gasteiger partial charge in [-0.1, -0.05) is 55.7 Å². The first kappa shape index (κ1) is 22.5. The molecule has 2 aromatic rings. The first-order valence-electron chi connectivity index (χ1n) is 11.9. The lowest BCUT2D eigenvalue weighted by atomic mass is 9.77. The number of carbonyl (C=O) groups is 2. The van der Waals surface area contributed by atoms with E-state index in [1.54, 1.807) is 12.3 Å². The third kappa shape index (κ3) is 5.54. The highest BCUT2D eigenvalue weighted by molar-refractivity contribution is 5.92. The Balaban J connectivity index is 1.55. The van der Waals surface area contributed by atoms with Gasteiger partial charge in [-0.25, -0.2) is 0 Å². The summed E-state index contributed by atoms with van der Waals surface area (Å²) >= 11 is 0. The van der Waals surface area contributed by atoms with Gasteiger partial charge in [0.05, 0.1) is 0 Å². The van der Waals surface area contributed by atoms with Crippen LogP contribution in [0.3, 0.4) is 0 Å². The highest BCUT2D eigenvalue weighted by atomic mass is 16.2. The third-order valence-corrected chi connectivity index (χ3v) is 6.89. The minimum absolute atomic E-state index is 0.0684. The van der Waals surface area contributed by atoms with E-state index in [0.717, 1.165) is 32.4 Å². The van der Waals surface area contributed by atoms with E-state index < -0.39 is 0 Å². The van der Waals surface area contributed by atoms with Crippen LogP contribution in [-0.2, 0) is 11.3 Å². The second-order valence-electron chi connectivity index (χ2n) is 9.08. The zero-order chi connectivity index (χ0) is 22.2. The molecule has 2 fully saturated rings. The molecule has 1 saturated heterocycles. The summed E-state index contributed by atoms with van der Waals surface area (Å²) in [5.74, 6) is 0.0261. The van der Waals surface area contributed by atoms with E-state index in [0.29, 0.717) is 31.7 Å². The highest BCUT2D eigenvalue weighted by Crippen LogP contribution is 2.38. The predicted octanol–water partition coefficient (Wildman–Crippen LogP) is 3.64. The van der Waals surface area contributed by atoms with E-state index in [9.17, 15) is 9.59 Å². The van der Waals surface area contributed by atoms with Gasteiger partial charge in [0.15, 0.2) is 0 Å². The number of amides is 2. The summed E-state index contributed by atoms with van der Waals surface area (Å²) in [5, 5.41) is 3.09. The van der Waals surface area contributed by atoms with Crippen molar-refractivity contribution in [2.75, 3.05) is 26.2 Å². The lowest BCUT2D eigenvalue weighted by Gasteiger charge is -2.46. The maximum absolute atomic E-state index is 13.0. The molecule has 1 aromatic carbocycles. The van der Waals surface area contributed by atoms with Crippen LogP contribution >= 0.6 is 0 Å². The van der Waals surface area contributed by atoms with E-state index in [4.69, 9.17) is 0 Å². The molecular formula is C26H34N4O2. The molecule has 1 saturated carbocycles. The van der Waals surface area contributed by atoms with E-state index in [2.05, 4.69) is 39.5 Å². The van der Waals surface area contributed by atoms with Crippen LogP contribution in [0, 0.1) is 0 Å². The summed E-state index contributed by atoms with van der Waals surface area (Å²) in [4.78, 5) is 34.6. The first-order valence-corrected chi connectivity index (χ1v) is 11.9. The Morgan fingerprint density at radius 2 is 1.72 bits per heavy atom. The molecule has 0 radical (unpaired) electrons. The number of aromatic nitrogens is 1. The maximum Gasteiger partial charge on any atom is 0.272 e. The van der Waals surface area contributed by atoms with Crippen molar-refractivity contribution >= 4 is 11.8 Å². The number of carbonyl (C=O) groups excluding carboxylic acids is 2. The quantitative estimate of drug-likeness (QED) is 0.801. The number of hydrogen-bond donors (Lipinski definition) is 1. The van der Waals surface area contributed by atoms with Crippen LogP contribution in [0.5, 0.6) is 0 Å². The molecule has 1 aliphatic heterocycles. The van der Waals surface area contributed by atoms with E-state index in [-0.39, 0.29) is 17.4 Å². The summed E-state index contributed by atoms with van der Waals surface area (Å²) in [6, 6.07) is 15.9. The van der Waals surface area contributed by atoms with Gasteiger partial charge in [0.1, 0.15) is 5.69 Å². The summed E-state index contributed by atoms with van der Waals surface area (Å²) in [5.41, 5.74) is 1.63. The normalized spacial score (nSPS) is 20.4. The topological polar surface area (TPSA) is 65.5 Å². The lowest BCUT2D eigenvalue weighted by Crippen LogP contribution is -2.52. The Morgan fingerprint density at radius 1 is 0.938 bits per heavy atom. The fraction of sp³-hybridized carbons (Fsp3) is 0.500. The van der Waals surface area contributed by atoms with Gasteiger partial charge >= 0.3 is 0 Å². The summed E-state index contributed by atoms with van der Waals surface area (Å²) in [6.07, 6.45) is 8.76. The molecule has 6 heteroatoms. The van der Waals surface area contributed by atoms with Gasteiger partial charge in [-0.3, -0.25) is 19.5 Å². The Bertz CT molecular complexity index is 881. The van der Waals surface area contributed by atoms with Crippen molar-refractivity contribution in [1.82, 2.24) is 20.1 Å². The van der Waals surface area contributed by atoms with Crippen molar-refractivity contribution in [3.63, 3.8) is 0 Å². The molecule has 4 rings (SSSR count). The third-order valence-electron chi connectivity index (χ3n) is 6.89. The highest BCUT2D eigenvalue weighted by Gasteiger charge is 2.40. The number of nitrogens with one attached hydrogen (secondary N) is 1. The molecule has 0 unspecified atom stereocenters. The van der Waals surface area contributed by atoms with Crippen LogP contribution < -0.4 is 5.32 Å². The molecule has 0 atom stereocenters. The van der Waals surface area contributed by atoms with Crippen LogP contribution in [-0.4, -0.2) is 58.3 Å². The van der Waals surface area contributed by atoms with Crippen molar-refractivity contribution in [3.8, 4) is 0 Å². The van der Waals surface area contributed by atoms with Gasteiger partial charge in [0.25, 0.3) is 5.91 Å². The van der Waals surface area contributed by atoms with Crippen molar-refractivity contribution in [2.45, 2.75) is 57.0 Å². The van der Waals surface area contributed by atoms with Crippen LogP contribution in [0.4, 0.5) is 0 Å². The second-order valence-corrected chi connectivity index (χ2v) is 9.08. The van der Waals surface area contributed by atoms with E-state index >= 15 is 0 Å². The van der Waals surface area contributed by atoms with E-state index in [1.807, 2.05) is 23.1 Å². The molecule has 170 valence electrons. The predicted molar refractivity (Wildman–Crippen MR) is 125 cm³/mol. The van der Waals surface area contributed by atoms with E-state index in [1.165, 1.54) is 24.8 Å². The number of rotatable bonds is 3. The fourth-order valence-electron chi connectivity index (χ4n) is 5.21. The summed E-state index contributed by atoms with van der Waals surface area (Å²) in [7, 11) is 0. The first-order chi connectivity index (χ1) is 15.7. The largest absolute Gasteiger partial charge is 0.354 e. The smallest absolute Gasteiger partial charge is 0.272 e.